The number of thioether (sulfide) groups is 1. The van der Waals surface area contributed by atoms with Gasteiger partial charge in [0.1, 0.15) is 0 Å². The fourth-order valence-corrected chi connectivity index (χ4v) is 2.79. The Balaban J connectivity index is 2.21. The minimum absolute atomic E-state index is 0.192. The molecule has 0 bridgehead atoms. The van der Waals surface area contributed by atoms with E-state index in [2.05, 4.69) is 10.6 Å². The number of carboxylic acid groups (broad SMARTS) is 1. The predicted octanol–water partition coefficient (Wildman–Crippen LogP) is 1.29. The summed E-state index contributed by atoms with van der Waals surface area (Å²) in [5.41, 5.74) is 0. The predicted molar refractivity (Wildman–Crippen MR) is 68.3 cm³/mol. The van der Waals surface area contributed by atoms with Crippen LogP contribution in [0.15, 0.2) is 0 Å². The summed E-state index contributed by atoms with van der Waals surface area (Å²) in [6.07, 6.45) is 2.66. The molecule has 1 fully saturated rings. The summed E-state index contributed by atoms with van der Waals surface area (Å²) >= 11 is 1.84. The second kappa shape index (κ2) is 7.42. The molecule has 17 heavy (non-hydrogen) atoms. The summed E-state index contributed by atoms with van der Waals surface area (Å²) in [5.74, 6) is 0.753. The van der Waals surface area contributed by atoms with E-state index in [9.17, 15) is 9.59 Å². The van der Waals surface area contributed by atoms with Gasteiger partial charge in [0, 0.05) is 18.3 Å². The minimum atomic E-state index is -0.860. The highest BCUT2D eigenvalue weighted by Crippen LogP contribution is 2.16. The molecule has 1 aliphatic rings. The van der Waals surface area contributed by atoms with Crippen molar-refractivity contribution >= 4 is 23.8 Å². The van der Waals surface area contributed by atoms with Crippen LogP contribution in [0.1, 0.15) is 26.2 Å². The summed E-state index contributed by atoms with van der Waals surface area (Å²) < 4.78 is 0. The number of rotatable bonds is 5. The molecule has 0 aromatic carbocycles. The van der Waals surface area contributed by atoms with Crippen molar-refractivity contribution in [3.63, 3.8) is 0 Å². The van der Waals surface area contributed by atoms with Crippen molar-refractivity contribution in [3.05, 3.63) is 0 Å². The number of amides is 2. The number of aliphatic carboxylic acids is 1. The molecular formula is C11H20N2O3S. The Morgan fingerprint density at radius 1 is 1.53 bits per heavy atom. The molecule has 0 spiro atoms. The standard InChI is InChI=1S/C11H20N2O3S/c1-2-8(10(14)15)6-12-11(16)13-9-4-3-5-17-7-9/h8-9H,2-7H2,1H3,(H,14,15)(H2,12,13,16). The first kappa shape index (κ1) is 14.2. The van der Waals surface area contributed by atoms with E-state index in [1.807, 2.05) is 11.8 Å². The first-order valence-corrected chi connectivity index (χ1v) is 7.13. The van der Waals surface area contributed by atoms with Gasteiger partial charge < -0.3 is 15.7 Å². The quantitative estimate of drug-likeness (QED) is 0.696. The van der Waals surface area contributed by atoms with Gasteiger partial charge in [-0.25, -0.2) is 4.79 Å². The SMILES string of the molecule is CCC(CNC(=O)NC1CCCSC1)C(=O)O. The zero-order chi connectivity index (χ0) is 12.7. The molecule has 3 N–H and O–H groups in total. The third kappa shape index (κ3) is 5.30. The highest BCUT2D eigenvalue weighted by molar-refractivity contribution is 7.99. The Labute approximate surface area is 106 Å². The zero-order valence-corrected chi connectivity index (χ0v) is 10.9. The molecule has 0 aliphatic carbocycles. The number of hydrogen-bond acceptors (Lipinski definition) is 3. The summed E-state index contributed by atoms with van der Waals surface area (Å²) in [7, 11) is 0. The highest BCUT2D eigenvalue weighted by atomic mass is 32.2. The number of carbonyl (C=O) groups is 2. The smallest absolute Gasteiger partial charge is 0.315 e. The molecule has 2 unspecified atom stereocenters. The van der Waals surface area contributed by atoms with E-state index >= 15 is 0 Å². The van der Waals surface area contributed by atoms with Gasteiger partial charge in [-0.1, -0.05) is 6.92 Å². The molecule has 2 atom stereocenters. The van der Waals surface area contributed by atoms with E-state index < -0.39 is 11.9 Å². The van der Waals surface area contributed by atoms with E-state index in [1.54, 1.807) is 6.92 Å². The van der Waals surface area contributed by atoms with Crippen molar-refractivity contribution in [2.24, 2.45) is 5.92 Å². The van der Waals surface area contributed by atoms with Gasteiger partial charge in [0.2, 0.25) is 0 Å². The van der Waals surface area contributed by atoms with Crippen LogP contribution in [0, 0.1) is 5.92 Å². The van der Waals surface area contributed by atoms with Crippen molar-refractivity contribution in [1.82, 2.24) is 10.6 Å². The van der Waals surface area contributed by atoms with Crippen molar-refractivity contribution < 1.29 is 14.7 Å². The molecule has 1 aliphatic heterocycles. The van der Waals surface area contributed by atoms with Gasteiger partial charge in [0.25, 0.3) is 0 Å². The molecule has 98 valence electrons. The average Bonchev–Trinajstić information content (AvgIpc) is 2.30. The maximum absolute atomic E-state index is 11.5. The zero-order valence-electron chi connectivity index (χ0n) is 10.1. The van der Waals surface area contributed by atoms with Crippen LogP contribution < -0.4 is 10.6 Å². The normalized spacial score (nSPS) is 21.6. The Kier molecular flexibility index (Phi) is 6.18. The Bertz CT molecular complexity index is 267. The maximum atomic E-state index is 11.5. The second-order valence-electron chi connectivity index (χ2n) is 4.21. The number of carboxylic acids is 1. The number of carbonyl (C=O) groups excluding carboxylic acids is 1. The van der Waals surface area contributed by atoms with E-state index in [0.717, 1.165) is 24.3 Å². The fourth-order valence-electron chi connectivity index (χ4n) is 1.71. The molecule has 0 aromatic rings. The largest absolute Gasteiger partial charge is 0.481 e. The van der Waals surface area contributed by atoms with Crippen LogP contribution in [0.5, 0.6) is 0 Å². The van der Waals surface area contributed by atoms with Gasteiger partial charge in [0.05, 0.1) is 5.92 Å². The number of urea groups is 1. The lowest BCUT2D eigenvalue weighted by Crippen LogP contribution is -2.46. The van der Waals surface area contributed by atoms with E-state index in [4.69, 9.17) is 5.11 Å². The van der Waals surface area contributed by atoms with E-state index in [0.29, 0.717) is 6.42 Å². The van der Waals surface area contributed by atoms with Crippen molar-refractivity contribution in [1.29, 1.82) is 0 Å². The van der Waals surface area contributed by atoms with Gasteiger partial charge in [-0.3, -0.25) is 4.79 Å². The van der Waals surface area contributed by atoms with Gasteiger partial charge in [-0.15, -0.1) is 0 Å². The first-order valence-electron chi connectivity index (χ1n) is 5.98. The second-order valence-corrected chi connectivity index (χ2v) is 5.36. The third-order valence-corrected chi connectivity index (χ3v) is 4.06. The molecule has 6 heteroatoms. The molecule has 1 heterocycles. The number of nitrogens with one attached hydrogen (secondary N) is 2. The van der Waals surface area contributed by atoms with Crippen molar-refractivity contribution in [3.8, 4) is 0 Å². The molecule has 1 rings (SSSR count). The van der Waals surface area contributed by atoms with E-state index in [-0.39, 0.29) is 18.6 Å². The summed E-state index contributed by atoms with van der Waals surface area (Å²) in [6, 6.07) is -0.0316. The lowest BCUT2D eigenvalue weighted by atomic mass is 10.1. The Morgan fingerprint density at radius 2 is 2.29 bits per heavy atom. The molecule has 5 nitrogen and oxygen atoms in total. The average molecular weight is 260 g/mol. The van der Waals surface area contributed by atoms with Crippen LogP contribution in [0.2, 0.25) is 0 Å². The maximum Gasteiger partial charge on any atom is 0.315 e. The highest BCUT2D eigenvalue weighted by Gasteiger charge is 2.18. The Hall–Kier alpha value is -0.910. The third-order valence-electron chi connectivity index (χ3n) is 2.85. The molecular weight excluding hydrogens is 240 g/mol. The minimum Gasteiger partial charge on any atom is -0.481 e. The van der Waals surface area contributed by atoms with Gasteiger partial charge >= 0.3 is 12.0 Å². The van der Waals surface area contributed by atoms with Gasteiger partial charge in [-0.2, -0.15) is 11.8 Å². The van der Waals surface area contributed by atoms with Gasteiger partial charge in [-0.05, 0) is 25.0 Å². The number of hydrogen-bond donors (Lipinski definition) is 3. The van der Waals surface area contributed by atoms with Crippen LogP contribution in [0.3, 0.4) is 0 Å². The van der Waals surface area contributed by atoms with Crippen molar-refractivity contribution in [2.45, 2.75) is 32.2 Å². The van der Waals surface area contributed by atoms with Crippen LogP contribution >= 0.6 is 11.8 Å². The molecule has 0 saturated carbocycles. The molecule has 0 aromatic heterocycles. The molecule has 1 saturated heterocycles. The van der Waals surface area contributed by atoms with Crippen molar-refractivity contribution in [2.75, 3.05) is 18.1 Å². The van der Waals surface area contributed by atoms with Crippen LogP contribution in [-0.2, 0) is 4.79 Å². The van der Waals surface area contributed by atoms with Crippen LogP contribution in [0.4, 0.5) is 4.79 Å². The topological polar surface area (TPSA) is 78.4 Å². The van der Waals surface area contributed by atoms with Gasteiger partial charge in [0.15, 0.2) is 0 Å². The lowest BCUT2D eigenvalue weighted by molar-refractivity contribution is -0.141. The Morgan fingerprint density at radius 3 is 2.82 bits per heavy atom. The van der Waals surface area contributed by atoms with Crippen LogP contribution in [-0.4, -0.2) is 41.2 Å². The lowest BCUT2D eigenvalue weighted by Gasteiger charge is -2.23. The monoisotopic (exact) mass is 260 g/mol. The molecule has 2 amide bonds. The summed E-state index contributed by atoms with van der Waals surface area (Å²) in [6.45, 7) is 1.99. The summed E-state index contributed by atoms with van der Waals surface area (Å²) in [5, 5.41) is 14.3. The first-order chi connectivity index (χ1) is 8.13. The molecule has 0 radical (unpaired) electrons. The summed E-state index contributed by atoms with van der Waals surface area (Å²) in [4.78, 5) is 22.3. The van der Waals surface area contributed by atoms with E-state index in [1.165, 1.54) is 0 Å². The fraction of sp³-hybridized carbons (Fsp3) is 0.818. The van der Waals surface area contributed by atoms with Crippen LogP contribution in [0.25, 0.3) is 0 Å².